The molecule has 2 N–H and O–H groups in total. The summed E-state index contributed by atoms with van der Waals surface area (Å²) in [7, 11) is 1.76. The summed E-state index contributed by atoms with van der Waals surface area (Å²) in [5, 5.41) is 16.9. The number of nitrogens with one attached hydrogen (secondary N) is 2. The van der Waals surface area contributed by atoms with Gasteiger partial charge in [0.1, 0.15) is 10.0 Å². The molecule has 0 aliphatic heterocycles. The number of hydrogen-bond acceptors (Lipinski definition) is 6. The van der Waals surface area contributed by atoms with Crippen LogP contribution in [-0.2, 0) is 13.1 Å². The van der Waals surface area contributed by atoms with Gasteiger partial charge in [-0.1, -0.05) is 25.2 Å². The average molecular weight is 324 g/mol. The van der Waals surface area contributed by atoms with Gasteiger partial charge in [0.15, 0.2) is 5.96 Å². The quantitative estimate of drug-likeness (QED) is 0.652. The molecule has 0 aromatic carbocycles. The smallest absolute Gasteiger partial charge is 0.191 e. The Hall–Kier alpha value is -1.54. The zero-order chi connectivity index (χ0) is 15.2. The fraction of sp³-hybridized carbons (Fsp3) is 0.538. The summed E-state index contributed by atoms with van der Waals surface area (Å²) in [4.78, 5) is 9.66. The van der Waals surface area contributed by atoms with Gasteiger partial charge in [0.25, 0.3) is 0 Å². The first kappa shape index (κ1) is 15.8. The molecule has 0 aliphatic rings. The van der Waals surface area contributed by atoms with Gasteiger partial charge in [-0.15, -0.1) is 21.5 Å². The summed E-state index contributed by atoms with van der Waals surface area (Å²) in [5.41, 5.74) is 2.92. The summed E-state index contributed by atoms with van der Waals surface area (Å²) in [6.07, 6.45) is 0. The number of aryl methyl sites for hydroxylation is 1. The molecule has 0 fully saturated rings. The minimum Gasteiger partial charge on any atom is -0.351 e. The van der Waals surface area contributed by atoms with Crippen LogP contribution in [0.25, 0.3) is 0 Å². The van der Waals surface area contributed by atoms with Crippen LogP contribution in [0, 0.1) is 6.92 Å². The van der Waals surface area contributed by atoms with Gasteiger partial charge >= 0.3 is 0 Å². The largest absolute Gasteiger partial charge is 0.351 e. The minimum absolute atomic E-state index is 0.419. The van der Waals surface area contributed by atoms with E-state index < -0.39 is 0 Å². The molecule has 114 valence electrons. The predicted octanol–water partition coefficient (Wildman–Crippen LogP) is 2.29. The van der Waals surface area contributed by atoms with E-state index >= 15 is 0 Å². The molecule has 21 heavy (non-hydrogen) atoms. The number of hydrogen-bond donors (Lipinski definition) is 2. The van der Waals surface area contributed by atoms with Crippen molar-refractivity contribution in [2.45, 2.75) is 39.8 Å². The predicted molar refractivity (Wildman–Crippen MR) is 87.9 cm³/mol. The van der Waals surface area contributed by atoms with Crippen LogP contribution in [0.1, 0.15) is 40.4 Å². The first-order chi connectivity index (χ1) is 10.1. The van der Waals surface area contributed by atoms with Gasteiger partial charge < -0.3 is 10.6 Å². The highest BCUT2D eigenvalue weighted by molar-refractivity contribution is 7.11. The first-order valence-corrected chi connectivity index (χ1v) is 8.45. The monoisotopic (exact) mass is 324 g/mol. The van der Waals surface area contributed by atoms with Crippen molar-refractivity contribution in [3.8, 4) is 0 Å². The molecular formula is C13H20N6S2. The zero-order valence-electron chi connectivity index (χ0n) is 12.7. The van der Waals surface area contributed by atoms with E-state index in [-0.39, 0.29) is 0 Å². The average Bonchev–Trinajstić information content (AvgIpc) is 3.08. The van der Waals surface area contributed by atoms with E-state index in [1.807, 2.05) is 12.4 Å². The Morgan fingerprint density at radius 1 is 1.29 bits per heavy atom. The van der Waals surface area contributed by atoms with Crippen molar-refractivity contribution in [1.82, 2.24) is 25.8 Å². The topological polar surface area (TPSA) is 75.1 Å². The van der Waals surface area contributed by atoms with Gasteiger partial charge in [-0.2, -0.15) is 0 Å². The molecule has 0 atom stereocenters. The van der Waals surface area contributed by atoms with Gasteiger partial charge in [0, 0.05) is 17.8 Å². The lowest BCUT2D eigenvalue weighted by molar-refractivity contribution is 0.785. The van der Waals surface area contributed by atoms with Crippen molar-refractivity contribution in [2.75, 3.05) is 7.05 Å². The minimum atomic E-state index is 0.419. The number of thiazole rings is 1. The van der Waals surface area contributed by atoms with E-state index in [1.54, 1.807) is 29.7 Å². The fourth-order valence-electron chi connectivity index (χ4n) is 1.61. The Kier molecular flexibility index (Phi) is 5.63. The Labute approximate surface area is 132 Å². The van der Waals surface area contributed by atoms with Crippen LogP contribution in [0.5, 0.6) is 0 Å². The summed E-state index contributed by atoms with van der Waals surface area (Å²) >= 11 is 3.28. The molecule has 0 saturated heterocycles. The van der Waals surface area contributed by atoms with Crippen molar-refractivity contribution in [3.05, 3.63) is 26.1 Å². The second-order valence-electron chi connectivity index (χ2n) is 4.83. The van der Waals surface area contributed by atoms with E-state index in [2.05, 4.69) is 44.7 Å². The Bertz CT molecular complexity index is 601. The summed E-state index contributed by atoms with van der Waals surface area (Å²) in [5.74, 6) is 1.17. The lowest BCUT2D eigenvalue weighted by atomic mass is 10.2. The lowest BCUT2D eigenvalue weighted by Gasteiger charge is -2.09. The maximum absolute atomic E-state index is 4.23. The number of nitrogens with zero attached hydrogens (tertiary/aromatic N) is 4. The molecular weight excluding hydrogens is 304 g/mol. The van der Waals surface area contributed by atoms with Gasteiger partial charge in [-0.25, -0.2) is 4.98 Å². The van der Waals surface area contributed by atoms with Gasteiger partial charge in [-0.3, -0.25) is 4.99 Å². The van der Waals surface area contributed by atoms with E-state index in [4.69, 9.17) is 0 Å². The van der Waals surface area contributed by atoms with Crippen LogP contribution in [0.2, 0.25) is 0 Å². The Morgan fingerprint density at radius 3 is 2.62 bits per heavy atom. The standard InChI is InChI=1S/C13H20N6S2/c1-8(2)12-19-18-11(21-12)6-16-13(14-4)15-5-10-9(3)17-7-20-10/h7-8H,5-6H2,1-4H3,(H2,14,15,16). The Balaban J connectivity index is 1.83. The molecule has 2 aromatic heterocycles. The normalized spacial score (nSPS) is 12.0. The number of guanidine groups is 1. The highest BCUT2D eigenvalue weighted by Gasteiger charge is 2.08. The van der Waals surface area contributed by atoms with E-state index in [1.165, 1.54) is 4.88 Å². The van der Waals surface area contributed by atoms with Gasteiger partial charge in [0.05, 0.1) is 24.3 Å². The fourth-order valence-corrected chi connectivity index (χ4v) is 3.11. The molecule has 6 nitrogen and oxygen atoms in total. The summed E-state index contributed by atoms with van der Waals surface area (Å²) < 4.78 is 0. The molecule has 0 spiro atoms. The van der Waals surface area contributed by atoms with Crippen LogP contribution in [0.3, 0.4) is 0 Å². The zero-order valence-corrected chi connectivity index (χ0v) is 14.3. The third-order valence-electron chi connectivity index (χ3n) is 2.87. The molecule has 0 amide bonds. The van der Waals surface area contributed by atoms with Crippen molar-refractivity contribution in [3.63, 3.8) is 0 Å². The molecule has 2 aromatic rings. The molecule has 2 rings (SSSR count). The SMILES string of the molecule is CN=C(NCc1nnc(C(C)C)s1)NCc1scnc1C. The maximum Gasteiger partial charge on any atom is 0.191 e. The highest BCUT2D eigenvalue weighted by Crippen LogP contribution is 2.18. The molecule has 0 bridgehead atoms. The van der Waals surface area contributed by atoms with Crippen molar-refractivity contribution in [1.29, 1.82) is 0 Å². The summed E-state index contributed by atoms with van der Waals surface area (Å²) in [6.45, 7) is 7.61. The maximum atomic E-state index is 4.23. The molecule has 0 aliphatic carbocycles. The number of rotatable bonds is 5. The Morgan fingerprint density at radius 2 is 2.05 bits per heavy atom. The second-order valence-corrected chi connectivity index (χ2v) is 6.86. The van der Waals surface area contributed by atoms with E-state index in [0.717, 1.165) is 28.2 Å². The van der Waals surface area contributed by atoms with Crippen LogP contribution in [0.4, 0.5) is 0 Å². The molecule has 0 unspecified atom stereocenters. The number of aromatic nitrogens is 3. The van der Waals surface area contributed by atoms with E-state index in [9.17, 15) is 0 Å². The summed E-state index contributed by atoms with van der Waals surface area (Å²) in [6, 6.07) is 0. The van der Waals surface area contributed by atoms with Crippen molar-refractivity contribution >= 4 is 28.6 Å². The molecule has 2 heterocycles. The second kappa shape index (κ2) is 7.46. The molecule has 0 radical (unpaired) electrons. The third-order valence-corrected chi connectivity index (χ3v) is 5.03. The van der Waals surface area contributed by atoms with Crippen LogP contribution >= 0.6 is 22.7 Å². The van der Waals surface area contributed by atoms with Crippen LogP contribution in [-0.4, -0.2) is 28.2 Å². The third kappa shape index (κ3) is 4.47. The van der Waals surface area contributed by atoms with Crippen LogP contribution in [0.15, 0.2) is 10.5 Å². The van der Waals surface area contributed by atoms with Gasteiger partial charge in [-0.05, 0) is 6.92 Å². The lowest BCUT2D eigenvalue weighted by Crippen LogP contribution is -2.36. The van der Waals surface area contributed by atoms with Gasteiger partial charge in [0.2, 0.25) is 0 Å². The van der Waals surface area contributed by atoms with Crippen molar-refractivity contribution in [2.24, 2.45) is 4.99 Å². The van der Waals surface area contributed by atoms with Crippen LogP contribution < -0.4 is 10.6 Å². The first-order valence-electron chi connectivity index (χ1n) is 6.76. The number of aliphatic imine (C=N–C) groups is 1. The molecule has 8 heteroatoms. The van der Waals surface area contributed by atoms with Crippen molar-refractivity contribution < 1.29 is 0 Å². The van der Waals surface area contributed by atoms with E-state index in [0.29, 0.717) is 12.5 Å². The molecule has 0 saturated carbocycles. The highest BCUT2D eigenvalue weighted by atomic mass is 32.1.